The van der Waals surface area contributed by atoms with Crippen molar-refractivity contribution in [1.82, 2.24) is 9.80 Å². The van der Waals surface area contributed by atoms with Crippen LogP contribution in [0.1, 0.15) is 34.6 Å². The molecule has 0 radical (unpaired) electrons. The fraction of sp³-hybridized carbons (Fsp3) is 0.750. The Morgan fingerprint density at radius 3 is 2.43 bits per heavy atom. The predicted molar refractivity (Wildman–Crippen MR) is 84.2 cm³/mol. The molecule has 2 rings (SSSR count). The Hall–Kier alpha value is -1.36. The largest absolute Gasteiger partial charge is 0.379 e. The smallest absolute Gasteiger partial charge is 0.233 e. The fourth-order valence-corrected chi connectivity index (χ4v) is 2.89. The van der Waals surface area contributed by atoms with Crippen LogP contribution in [0.4, 0.5) is 0 Å². The number of aliphatic imine (C=N–C) groups is 1. The molecule has 0 unspecified atom stereocenters. The minimum atomic E-state index is -0.318. The van der Waals surface area contributed by atoms with Crippen molar-refractivity contribution < 1.29 is 9.53 Å². The molecule has 2 aliphatic heterocycles. The summed E-state index contributed by atoms with van der Waals surface area (Å²) in [5.74, 6) is 1.26. The van der Waals surface area contributed by atoms with Crippen molar-refractivity contribution in [3.63, 3.8) is 0 Å². The summed E-state index contributed by atoms with van der Waals surface area (Å²) in [6, 6.07) is 0. The van der Waals surface area contributed by atoms with E-state index in [1.807, 2.05) is 25.7 Å². The van der Waals surface area contributed by atoms with Crippen molar-refractivity contribution >= 4 is 11.7 Å². The van der Waals surface area contributed by atoms with Crippen LogP contribution in [0.3, 0.4) is 0 Å². The van der Waals surface area contributed by atoms with Crippen molar-refractivity contribution in [2.24, 2.45) is 10.4 Å². The number of ether oxygens (including phenoxy) is 1. The molecule has 2 fully saturated rings. The average Bonchev–Trinajstić information content (AvgIpc) is 2.43. The standard InChI is InChI=1S/C16H27N3O2/c1-6-17-13(4)19-8-7-18(9-14(19)12(2)3)15(20)16(5)10-21-11-16/h6-11H2,1-5H3. The molecule has 5 nitrogen and oxygen atoms in total. The Morgan fingerprint density at radius 2 is 1.95 bits per heavy atom. The van der Waals surface area contributed by atoms with Crippen LogP contribution in [0.15, 0.2) is 16.3 Å². The Labute approximate surface area is 127 Å². The van der Waals surface area contributed by atoms with E-state index >= 15 is 0 Å². The van der Waals surface area contributed by atoms with Crippen LogP contribution in [0.5, 0.6) is 0 Å². The third-order valence-corrected chi connectivity index (χ3v) is 4.26. The van der Waals surface area contributed by atoms with Gasteiger partial charge in [-0.15, -0.1) is 0 Å². The molecule has 2 saturated heterocycles. The molecule has 118 valence electrons. The Balaban J connectivity index is 2.14. The summed E-state index contributed by atoms with van der Waals surface area (Å²) in [4.78, 5) is 21.4. The van der Waals surface area contributed by atoms with Gasteiger partial charge in [0.25, 0.3) is 0 Å². The van der Waals surface area contributed by atoms with E-state index in [1.165, 1.54) is 11.3 Å². The van der Waals surface area contributed by atoms with E-state index in [9.17, 15) is 4.79 Å². The van der Waals surface area contributed by atoms with Crippen molar-refractivity contribution in [3.8, 4) is 0 Å². The number of hydrogen-bond acceptors (Lipinski definition) is 3. The lowest BCUT2D eigenvalue weighted by Gasteiger charge is -2.44. The molecule has 0 aliphatic carbocycles. The van der Waals surface area contributed by atoms with Gasteiger partial charge in [-0.2, -0.15) is 0 Å². The zero-order valence-corrected chi connectivity index (χ0v) is 13.9. The highest BCUT2D eigenvalue weighted by Crippen LogP contribution is 2.31. The SMILES string of the molecule is CCN=C(C)N1CCN(C(=O)C2(C)COC2)CC1=C(C)C. The maximum Gasteiger partial charge on any atom is 0.233 e. The molecule has 2 aliphatic rings. The van der Waals surface area contributed by atoms with E-state index in [4.69, 9.17) is 4.74 Å². The molecule has 0 aromatic carbocycles. The Kier molecular flexibility index (Phi) is 4.71. The van der Waals surface area contributed by atoms with E-state index in [1.54, 1.807) is 0 Å². The van der Waals surface area contributed by atoms with E-state index < -0.39 is 0 Å². The number of amides is 1. The van der Waals surface area contributed by atoms with E-state index in [-0.39, 0.29) is 11.3 Å². The molecule has 0 N–H and O–H groups in total. The highest BCUT2D eigenvalue weighted by atomic mass is 16.5. The third kappa shape index (κ3) is 3.12. The lowest BCUT2D eigenvalue weighted by Crippen LogP contribution is -2.57. The van der Waals surface area contributed by atoms with Gasteiger partial charge in [-0.25, -0.2) is 0 Å². The fourth-order valence-electron chi connectivity index (χ4n) is 2.89. The van der Waals surface area contributed by atoms with Crippen molar-refractivity contribution in [2.45, 2.75) is 34.6 Å². The van der Waals surface area contributed by atoms with Gasteiger partial charge in [0.15, 0.2) is 0 Å². The molecule has 0 atom stereocenters. The van der Waals surface area contributed by atoms with Gasteiger partial charge in [0.1, 0.15) is 0 Å². The first kappa shape index (κ1) is 16.0. The Morgan fingerprint density at radius 1 is 1.29 bits per heavy atom. The number of hydrogen-bond donors (Lipinski definition) is 0. The highest BCUT2D eigenvalue weighted by Gasteiger charge is 2.44. The predicted octanol–water partition coefficient (Wildman–Crippen LogP) is 1.90. The first-order chi connectivity index (χ1) is 9.89. The molecule has 0 saturated carbocycles. The summed E-state index contributed by atoms with van der Waals surface area (Å²) in [6.45, 7) is 14.4. The second-order valence-electron chi connectivity index (χ2n) is 6.40. The van der Waals surface area contributed by atoms with Crippen LogP contribution in [-0.2, 0) is 9.53 Å². The van der Waals surface area contributed by atoms with Gasteiger partial charge in [0.2, 0.25) is 5.91 Å². The van der Waals surface area contributed by atoms with Crippen molar-refractivity contribution in [2.75, 3.05) is 39.4 Å². The normalized spacial score (nSPS) is 22.1. The molecule has 0 spiro atoms. The van der Waals surface area contributed by atoms with Crippen LogP contribution >= 0.6 is 0 Å². The first-order valence-corrected chi connectivity index (χ1v) is 7.71. The molecule has 5 heteroatoms. The number of rotatable bonds is 2. The molecule has 0 aromatic rings. The van der Waals surface area contributed by atoms with E-state index in [0.29, 0.717) is 19.8 Å². The van der Waals surface area contributed by atoms with Gasteiger partial charge in [0.05, 0.1) is 31.0 Å². The number of carbonyl (C=O) groups excluding carboxylic acids is 1. The maximum absolute atomic E-state index is 12.6. The maximum atomic E-state index is 12.6. The van der Waals surface area contributed by atoms with Crippen molar-refractivity contribution in [1.29, 1.82) is 0 Å². The van der Waals surface area contributed by atoms with Gasteiger partial charge >= 0.3 is 0 Å². The topological polar surface area (TPSA) is 45.1 Å². The van der Waals surface area contributed by atoms with Gasteiger partial charge < -0.3 is 14.5 Å². The zero-order chi connectivity index (χ0) is 15.6. The third-order valence-electron chi connectivity index (χ3n) is 4.26. The van der Waals surface area contributed by atoms with E-state index in [0.717, 1.165) is 25.5 Å². The van der Waals surface area contributed by atoms with Crippen molar-refractivity contribution in [3.05, 3.63) is 11.3 Å². The quantitative estimate of drug-likeness (QED) is 0.577. The van der Waals surface area contributed by atoms with Crippen LogP contribution in [0.2, 0.25) is 0 Å². The van der Waals surface area contributed by atoms with Gasteiger partial charge in [-0.1, -0.05) is 5.57 Å². The van der Waals surface area contributed by atoms with Crippen LogP contribution in [0, 0.1) is 5.41 Å². The van der Waals surface area contributed by atoms with Gasteiger partial charge in [-0.05, 0) is 34.6 Å². The number of nitrogens with zero attached hydrogens (tertiary/aromatic N) is 3. The summed E-state index contributed by atoms with van der Waals surface area (Å²) in [5, 5.41) is 0. The van der Waals surface area contributed by atoms with Crippen LogP contribution in [-0.4, -0.2) is 60.9 Å². The number of allylic oxidation sites excluding steroid dienone is 1. The second-order valence-corrected chi connectivity index (χ2v) is 6.40. The van der Waals surface area contributed by atoms with Gasteiger partial charge in [-0.3, -0.25) is 9.79 Å². The summed E-state index contributed by atoms with van der Waals surface area (Å²) in [6.07, 6.45) is 0. The number of amidine groups is 1. The molecule has 1 amide bonds. The molecule has 0 bridgehead atoms. The second kappa shape index (κ2) is 6.18. The Bertz CT molecular complexity index is 474. The summed E-state index contributed by atoms with van der Waals surface area (Å²) in [7, 11) is 0. The number of carbonyl (C=O) groups is 1. The van der Waals surface area contributed by atoms with E-state index in [2.05, 4.69) is 23.7 Å². The highest BCUT2D eigenvalue weighted by molar-refractivity contribution is 5.85. The summed E-state index contributed by atoms with van der Waals surface area (Å²) >= 11 is 0. The zero-order valence-electron chi connectivity index (χ0n) is 13.9. The average molecular weight is 293 g/mol. The number of piperazine rings is 1. The molecular formula is C16H27N3O2. The minimum absolute atomic E-state index is 0.220. The minimum Gasteiger partial charge on any atom is -0.379 e. The molecular weight excluding hydrogens is 266 g/mol. The van der Waals surface area contributed by atoms with Crippen LogP contribution in [0.25, 0.3) is 0 Å². The first-order valence-electron chi connectivity index (χ1n) is 7.71. The summed E-state index contributed by atoms with van der Waals surface area (Å²) in [5.41, 5.74) is 2.13. The molecule has 21 heavy (non-hydrogen) atoms. The molecule has 0 aromatic heterocycles. The summed E-state index contributed by atoms with van der Waals surface area (Å²) < 4.78 is 5.23. The lowest BCUT2D eigenvalue weighted by molar-refractivity contribution is -0.169. The lowest BCUT2D eigenvalue weighted by atomic mass is 9.86. The monoisotopic (exact) mass is 293 g/mol. The van der Waals surface area contributed by atoms with Gasteiger partial charge in [0, 0.05) is 25.3 Å². The van der Waals surface area contributed by atoms with Crippen LogP contribution < -0.4 is 0 Å². The molecule has 2 heterocycles.